The van der Waals surface area contributed by atoms with E-state index in [0.717, 1.165) is 5.82 Å². The van der Waals surface area contributed by atoms with Crippen molar-refractivity contribution >= 4 is 0 Å². The van der Waals surface area contributed by atoms with Crippen molar-refractivity contribution < 1.29 is 0 Å². The lowest BCUT2D eigenvalue weighted by Gasteiger charge is -1.81. The Hall–Kier alpha value is -0.920. The van der Waals surface area contributed by atoms with E-state index in [1.165, 1.54) is 0 Å². The lowest BCUT2D eigenvalue weighted by Crippen LogP contribution is -1.80. The van der Waals surface area contributed by atoms with Crippen molar-refractivity contribution in [2.24, 2.45) is 0 Å². The normalized spacial score (nSPS) is 6.64. The molecule has 0 atom stereocenters. The Morgan fingerprint density at radius 1 is 0.909 bits per heavy atom. The summed E-state index contributed by atoms with van der Waals surface area (Å²) in [6.45, 7) is 9.86. The van der Waals surface area contributed by atoms with E-state index in [9.17, 15) is 0 Å². The molecule has 0 spiro atoms. The van der Waals surface area contributed by atoms with E-state index in [-0.39, 0.29) is 0 Å². The highest BCUT2D eigenvalue weighted by molar-refractivity contribution is 4.83. The number of aryl methyl sites for hydroxylation is 1. The van der Waals surface area contributed by atoms with Crippen LogP contribution in [0.5, 0.6) is 0 Å². The Labute approximate surface area is 69.7 Å². The molecule has 0 amide bonds. The van der Waals surface area contributed by atoms with Crippen molar-refractivity contribution in [3.05, 3.63) is 24.3 Å². The maximum atomic E-state index is 3.87. The van der Waals surface area contributed by atoms with Gasteiger partial charge in [-0.15, -0.1) is 0 Å². The predicted octanol–water partition coefficient (Wildman–Crippen LogP) is 2.84. The molecule has 0 aliphatic heterocycles. The summed E-state index contributed by atoms with van der Waals surface area (Å²) in [6, 6.07) is 1.80. The van der Waals surface area contributed by atoms with Gasteiger partial charge in [-0.3, -0.25) is 0 Å². The Balaban J connectivity index is 0. The van der Waals surface area contributed by atoms with E-state index in [1.807, 2.05) is 34.6 Å². The number of rotatable bonds is 0. The minimum absolute atomic E-state index is 0.822. The SMILES string of the molecule is CC.CC.Cc1ncccn1. The Bertz CT molecular complexity index is 137. The summed E-state index contributed by atoms with van der Waals surface area (Å²) in [4.78, 5) is 7.74. The number of hydrogen-bond acceptors (Lipinski definition) is 2. The monoisotopic (exact) mass is 154 g/mol. The second-order valence-corrected chi connectivity index (χ2v) is 1.30. The van der Waals surface area contributed by atoms with Crippen molar-refractivity contribution in [1.29, 1.82) is 0 Å². The van der Waals surface area contributed by atoms with Crippen LogP contribution < -0.4 is 0 Å². The average molecular weight is 154 g/mol. The molecule has 1 rings (SSSR count). The molecule has 2 nitrogen and oxygen atoms in total. The standard InChI is InChI=1S/C5H6N2.2C2H6/c1-5-6-3-2-4-7-5;2*1-2/h2-4H,1H3;2*1-2H3. The van der Waals surface area contributed by atoms with Crippen molar-refractivity contribution in [2.45, 2.75) is 34.6 Å². The minimum atomic E-state index is 0.822. The van der Waals surface area contributed by atoms with Gasteiger partial charge in [-0.25, -0.2) is 9.97 Å². The molecule has 0 radical (unpaired) electrons. The van der Waals surface area contributed by atoms with E-state index in [1.54, 1.807) is 18.5 Å². The largest absolute Gasteiger partial charge is 0.242 e. The zero-order chi connectivity index (χ0) is 9.11. The maximum absolute atomic E-state index is 3.87. The molecule has 1 aromatic heterocycles. The summed E-state index contributed by atoms with van der Waals surface area (Å²) in [7, 11) is 0. The van der Waals surface area contributed by atoms with Gasteiger partial charge in [0.2, 0.25) is 0 Å². The first-order chi connectivity index (χ1) is 5.39. The Kier molecular flexibility index (Phi) is 13.7. The van der Waals surface area contributed by atoms with Crippen LogP contribution in [0.4, 0.5) is 0 Å². The smallest absolute Gasteiger partial charge is 0.125 e. The molecule has 0 N–H and O–H groups in total. The summed E-state index contributed by atoms with van der Waals surface area (Å²) < 4.78 is 0. The van der Waals surface area contributed by atoms with Crippen LogP contribution in [-0.4, -0.2) is 9.97 Å². The van der Waals surface area contributed by atoms with Gasteiger partial charge in [-0.1, -0.05) is 27.7 Å². The van der Waals surface area contributed by atoms with Crippen molar-refractivity contribution in [3.63, 3.8) is 0 Å². The van der Waals surface area contributed by atoms with E-state index in [0.29, 0.717) is 0 Å². The molecule has 11 heavy (non-hydrogen) atoms. The van der Waals surface area contributed by atoms with Gasteiger partial charge in [-0.2, -0.15) is 0 Å². The van der Waals surface area contributed by atoms with Crippen LogP contribution in [0, 0.1) is 6.92 Å². The Morgan fingerprint density at radius 2 is 1.27 bits per heavy atom. The molecular weight excluding hydrogens is 136 g/mol. The van der Waals surface area contributed by atoms with Gasteiger partial charge in [0, 0.05) is 12.4 Å². The summed E-state index contributed by atoms with van der Waals surface area (Å²) in [6.07, 6.45) is 3.45. The molecule has 0 saturated carbocycles. The predicted molar refractivity (Wildman–Crippen MR) is 49.5 cm³/mol. The van der Waals surface area contributed by atoms with Gasteiger partial charge in [0.05, 0.1) is 0 Å². The molecule has 2 heteroatoms. The lowest BCUT2D eigenvalue weighted by molar-refractivity contribution is 1.05. The fourth-order valence-corrected chi connectivity index (χ4v) is 0.374. The van der Waals surface area contributed by atoms with E-state index in [4.69, 9.17) is 0 Å². The first-order valence-corrected chi connectivity index (χ1v) is 4.13. The van der Waals surface area contributed by atoms with Gasteiger partial charge in [0.25, 0.3) is 0 Å². The molecule has 0 aliphatic carbocycles. The molecular formula is C9H18N2. The van der Waals surface area contributed by atoms with Crippen molar-refractivity contribution in [1.82, 2.24) is 9.97 Å². The highest BCUT2D eigenvalue weighted by Gasteiger charge is 1.74. The van der Waals surface area contributed by atoms with Crippen LogP contribution in [0.3, 0.4) is 0 Å². The Morgan fingerprint density at radius 3 is 1.45 bits per heavy atom. The second-order valence-electron chi connectivity index (χ2n) is 1.30. The highest BCUT2D eigenvalue weighted by atomic mass is 14.8. The summed E-state index contributed by atoms with van der Waals surface area (Å²) in [5, 5.41) is 0. The average Bonchev–Trinajstić information content (AvgIpc) is 2.13. The van der Waals surface area contributed by atoms with Gasteiger partial charge in [-0.05, 0) is 13.0 Å². The zero-order valence-electron chi connectivity index (χ0n) is 8.13. The molecule has 64 valence electrons. The topological polar surface area (TPSA) is 25.8 Å². The quantitative estimate of drug-likeness (QED) is 0.574. The van der Waals surface area contributed by atoms with Crippen LogP contribution in [0.25, 0.3) is 0 Å². The number of nitrogens with zero attached hydrogens (tertiary/aromatic N) is 2. The fourth-order valence-electron chi connectivity index (χ4n) is 0.374. The van der Waals surface area contributed by atoms with Crippen molar-refractivity contribution in [2.75, 3.05) is 0 Å². The zero-order valence-corrected chi connectivity index (χ0v) is 8.13. The van der Waals surface area contributed by atoms with Crippen LogP contribution in [-0.2, 0) is 0 Å². The van der Waals surface area contributed by atoms with Crippen LogP contribution in [0.1, 0.15) is 33.5 Å². The molecule has 1 heterocycles. The van der Waals surface area contributed by atoms with Crippen molar-refractivity contribution in [3.8, 4) is 0 Å². The van der Waals surface area contributed by atoms with Gasteiger partial charge >= 0.3 is 0 Å². The summed E-state index contributed by atoms with van der Waals surface area (Å²) in [5.74, 6) is 0.822. The third-order valence-electron chi connectivity index (χ3n) is 0.695. The van der Waals surface area contributed by atoms with Crippen LogP contribution in [0.15, 0.2) is 18.5 Å². The van der Waals surface area contributed by atoms with E-state index in [2.05, 4.69) is 9.97 Å². The molecule has 0 saturated heterocycles. The van der Waals surface area contributed by atoms with Gasteiger partial charge < -0.3 is 0 Å². The van der Waals surface area contributed by atoms with Gasteiger partial charge in [0.15, 0.2) is 0 Å². The lowest BCUT2D eigenvalue weighted by atomic mass is 10.6. The fraction of sp³-hybridized carbons (Fsp3) is 0.556. The highest BCUT2D eigenvalue weighted by Crippen LogP contribution is 1.78. The van der Waals surface area contributed by atoms with Crippen LogP contribution >= 0.6 is 0 Å². The van der Waals surface area contributed by atoms with E-state index < -0.39 is 0 Å². The molecule has 1 aromatic rings. The first-order valence-electron chi connectivity index (χ1n) is 4.13. The molecule has 0 aromatic carbocycles. The summed E-state index contributed by atoms with van der Waals surface area (Å²) in [5.41, 5.74) is 0. The number of hydrogen-bond donors (Lipinski definition) is 0. The maximum Gasteiger partial charge on any atom is 0.125 e. The minimum Gasteiger partial charge on any atom is -0.242 e. The summed E-state index contributed by atoms with van der Waals surface area (Å²) >= 11 is 0. The van der Waals surface area contributed by atoms with Gasteiger partial charge in [0.1, 0.15) is 5.82 Å². The molecule has 0 fully saturated rings. The third-order valence-corrected chi connectivity index (χ3v) is 0.695. The second kappa shape index (κ2) is 11.8. The van der Waals surface area contributed by atoms with Crippen LogP contribution in [0.2, 0.25) is 0 Å². The number of aromatic nitrogens is 2. The molecule has 0 unspecified atom stereocenters. The first kappa shape index (κ1) is 12.7. The molecule has 0 aliphatic rings. The molecule has 0 bridgehead atoms. The van der Waals surface area contributed by atoms with E-state index >= 15 is 0 Å². The third kappa shape index (κ3) is 9.08.